The van der Waals surface area contributed by atoms with Gasteiger partial charge in [-0.3, -0.25) is 0 Å². The summed E-state index contributed by atoms with van der Waals surface area (Å²) < 4.78 is 0. The van der Waals surface area contributed by atoms with Crippen LogP contribution in [-0.4, -0.2) is 16.6 Å². The Hall–Kier alpha value is -1.22. The van der Waals surface area contributed by atoms with E-state index in [4.69, 9.17) is 11.6 Å². The second kappa shape index (κ2) is 5.83. The average Bonchev–Trinajstić information content (AvgIpc) is 2.39. The summed E-state index contributed by atoms with van der Waals surface area (Å²) in [6.07, 6.45) is 4.59. The van der Waals surface area contributed by atoms with Crippen molar-refractivity contribution in [3.05, 3.63) is 29.3 Å². The molecule has 104 valence electrons. The molecule has 2 atom stereocenters. The maximum Gasteiger partial charge on any atom is 0.329 e. The summed E-state index contributed by atoms with van der Waals surface area (Å²) in [6, 6.07) is 7.29. The highest BCUT2D eigenvalue weighted by Gasteiger charge is 2.46. The number of carbonyl (C=O) groups is 1. The van der Waals surface area contributed by atoms with Crippen molar-refractivity contribution in [2.24, 2.45) is 5.92 Å². The van der Waals surface area contributed by atoms with Gasteiger partial charge in [-0.15, -0.1) is 0 Å². The smallest absolute Gasteiger partial charge is 0.329 e. The zero-order valence-electron chi connectivity index (χ0n) is 11.2. The van der Waals surface area contributed by atoms with Gasteiger partial charge < -0.3 is 10.4 Å². The minimum atomic E-state index is -0.850. The average molecular weight is 282 g/mol. The van der Waals surface area contributed by atoms with Gasteiger partial charge in [-0.05, 0) is 37.0 Å². The number of hydrogen-bond donors (Lipinski definition) is 2. The Bertz CT molecular complexity index is 463. The molecule has 0 bridgehead atoms. The zero-order chi connectivity index (χ0) is 13.9. The van der Waals surface area contributed by atoms with Crippen molar-refractivity contribution in [2.45, 2.75) is 44.6 Å². The quantitative estimate of drug-likeness (QED) is 0.870. The molecule has 2 N–H and O–H groups in total. The van der Waals surface area contributed by atoms with Crippen LogP contribution in [0.5, 0.6) is 0 Å². The highest BCUT2D eigenvalue weighted by Crippen LogP contribution is 2.39. The predicted octanol–water partition coefficient (Wildman–Crippen LogP) is 4.18. The van der Waals surface area contributed by atoms with Crippen molar-refractivity contribution < 1.29 is 9.90 Å². The van der Waals surface area contributed by atoms with Gasteiger partial charge in [-0.25, -0.2) is 4.79 Å². The van der Waals surface area contributed by atoms with E-state index in [-0.39, 0.29) is 5.92 Å². The molecule has 2 rings (SSSR count). The van der Waals surface area contributed by atoms with Gasteiger partial charge in [0.25, 0.3) is 0 Å². The van der Waals surface area contributed by atoms with E-state index in [1.165, 1.54) is 0 Å². The molecule has 0 aromatic heterocycles. The third-order valence-corrected chi connectivity index (χ3v) is 4.37. The highest BCUT2D eigenvalue weighted by atomic mass is 35.5. The van der Waals surface area contributed by atoms with Crippen LogP contribution in [0.1, 0.15) is 39.0 Å². The van der Waals surface area contributed by atoms with Gasteiger partial charge in [0.05, 0.1) is 0 Å². The summed E-state index contributed by atoms with van der Waals surface area (Å²) in [4.78, 5) is 11.8. The molecule has 1 aliphatic carbocycles. The van der Waals surface area contributed by atoms with Gasteiger partial charge in [0, 0.05) is 10.7 Å². The number of carboxylic acids is 1. The minimum absolute atomic E-state index is 0.165. The van der Waals surface area contributed by atoms with Crippen molar-refractivity contribution in [1.29, 1.82) is 0 Å². The van der Waals surface area contributed by atoms with Gasteiger partial charge in [0.15, 0.2) is 0 Å². The van der Waals surface area contributed by atoms with Gasteiger partial charge in [0.1, 0.15) is 5.54 Å². The summed E-state index contributed by atoms with van der Waals surface area (Å²) in [7, 11) is 0. The fourth-order valence-corrected chi connectivity index (χ4v) is 3.31. The molecule has 1 aromatic rings. The van der Waals surface area contributed by atoms with Crippen molar-refractivity contribution in [2.75, 3.05) is 5.32 Å². The van der Waals surface area contributed by atoms with Crippen LogP contribution in [0.2, 0.25) is 5.02 Å². The third kappa shape index (κ3) is 2.86. The molecule has 2 unspecified atom stereocenters. The fourth-order valence-electron chi connectivity index (χ4n) is 3.12. The van der Waals surface area contributed by atoms with Gasteiger partial charge in [-0.2, -0.15) is 0 Å². The van der Waals surface area contributed by atoms with Crippen LogP contribution in [-0.2, 0) is 4.79 Å². The van der Waals surface area contributed by atoms with E-state index < -0.39 is 11.5 Å². The molecule has 1 aliphatic rings. The summed E-state index contributed by atoms with van der Waals surface area (Å²) >= 11 is 5.97. The zero-order valence-corrected chi connectivity index (χ0v) is 11.9. The lowest BCUT2D eigenvalue weighted by Gasteiger charge is -2.41. The largest absolute Gasteiger partial charge is 0.479 e. The summed E-state index contributed by atoms with van der Waals surface area (Å²) in [5, 5.41) is 13.6. The maximum atomic E-state index is 11.8. The Kier molecular flexibility index (Phi) is 4.35. The molecule has 0 spiro atoms. The molecule has 0 radical (unpaired) electrons. The number of benzene rings is 1. The van der Waals surface area contributed by atoms with Crippen LogP contribution < -0.4 is 5.32 Å². The molecule has 0 amide bonds. The van der Waals surface area contributed by atoms with Crippen LogP contribution in [0.3, 0.4) is 0 Å². The number of nitrogens with one attached hydrogen (secondary N) is 1. The Morgan fingerprint density at radius 1 is 1.53 bits per heavy atom. The van der Waals surface area contributed by atoms with Crippen LogP contribution in [0, 0.1) is 5.92 Å². The van der Waals surface area contributed by atoms with Gasteiger partial charge >= 0.3 is 5.97 Å². The van der Waals surface area contributed by atoms with E-state index in [1.807, 2.05) is 12.1 Å². The Balaban J connectivity index is 2.31. The molecule has 1 aromatic carbocycles. The maximum absolute atomic E-state index is 11.8. The second-order valence-corrected chi connectivity index (χ2v) is 5.70. The predicted molar refractivity (Wildman–Crippen MR) is 77.7 cm³/mol. The van der Waals surface area contributed by atoms with Crippen LogP contribution in [0.4, 0.5) is 5.69 Å². The summed E-state index contributed by atoms with van der Waals surface area (Å²) in [5.41, 5.74) is -0.0623. The monoisotopic (exact) mass is 281 g/mol. The Morgan fingerprint density at radius 3 is 2.95 bits per heavy atom. The Labute approximate surface area is 119 Å². The molecular formula is C15H20ClNO2. The first-order valence-electron chi connectivity index (χ1n) is 6.85. The van der Waals surface area contributed by atoms with E-state index in [0.717, 1.165) is 31.4 Å². The number of hydrogen-bond acceptors (Lipinski definition) is 2. The van der Waals surface area contributed by atoms with E-state index in [9.17, 15) is 9.90 Å². The molecule has 0 aliphatic heterocycles. The standard InChI is InChI=1S/C15H20ClNO2/c1-2-11-6-3-4-9-15(11,14(18)19)17-13-8-5-7-12(16)10-13/h5,7-8,10-11,17H,2-4,6,9H2,1H3,(H,18,19). The third-order valence-electron chi connectivity index (χ3n) is 4.14. The molecule has 4 heteroatoms. The minimum Gasteiger partial charge on any atom is -0.479 e. The molecule has 1 fully saturated rings. The van der Waals surface area contributed by atoms with E-state index in [2.05, 4.69) is 12.2 Å². The van der Waals surface area contributed by atoms with Crippen LogP contribution in [0.15, 0.2) is 24.3 Å². The molecule has 1 saturated carbocycles. The molecule has 0 heterocycles. The normalized spacial score (nSPS) is 26.9. The fraction of sp³-hybridized carbons (Fsp3) is 0.533. The topological polar surface area (TPSA) is 49.3 Å². The van der Waals surface area contributed by atoms with Gasteiger partial charge in [-0.1, -0.05) is 43.9 Å². The second-order valence-electron chi connectivity index (χ2n) is 5.26. The van der Waals surface area contributed by atoms with E-state index in [1.54, 1.807) is 12.1 Å². The van der Waals surface area contributed by atoms with E-state index in [0.29, 0.717) is 11.4 Å². The first-order chi connectivity index (χ1) is 9.08. The molecule has 0 saturated heterocycles. The van der Waals surface area contributed by atoms with Crippen LogP contribution >= 0.6 is 11.6 Å². The first kappa shape index (κ1) is 14.2. The van der Waals surface area contributed by atoms with Crippen molar-refractivity contribution >= 4 is 23.3 Å². The SMILES string of the molecule is CCC1CCCCC1(Nc1cccc(Cl)c1)C(=O)O. The lowest BCUT2D eigenvalue weighted by molar-refractivity contribution is -0.145. The first-order valence-corrected chi connectivity index (χ1v) is 7.23. The lowest BCUT2D eigenvalue weighted by atomic mass is 9.71. The number of rotatable bonds is 4. The van der Waals surface area contributed by atoms with Gasteiger partial charge in [0.2, 0.25) is 0 Å². The molecular weight excluding hydrogens is 262 g/mol. The summed E-state index contributed by atoms with van der Waals surface area (Å²) in [6.45, 7) is 2.06. The molecule has 19 heavy (non-hydrogen) atoms. The highest BCUT2D eigenvalue weighted by molar-refractivity contribution is 6.30. The number of aliphatic carboxylic acids is 1. The van der Waals surface area contributed by atoms with E-state index >= 15 is 0 Å². The number of carboxylic acid groups (broad SMARTS) is 1. The number of halogens is 1. The Morgan fingerprint density at radius 2 is 2.32 bits per heavy atom. The van der Waals surface area contributed by atoms with Crippen molar-refractivity contribution in [3.63, 3.8) is 0 Å². The summed E-state index contributed by atoms with van der Waals surface area (Å²) in [5.74, 6) is -0.586. The lowest BCUT2D eigenvalue weighted by Crippen LogP contribution is -2.54. The molecule has 3 nitrogen and oxygen atoms in total. The number of anilines is 1. The van der Waals surface area contributed by atoms with Crippen molar-refractivity contribution in [3.8, 4) is 0 Å². The van der Waals surface area contributed by atoms with Crippen LogP contribution in [0.25, 0.3) is 0 Å². The van der Waals surface area contributed by atoms with Crippen molar-refractivity contribution in [1.82, 2.24) is 0 Å².